The van der Waals surface area contributed by atoms with Crippen LogP contribution in [0.3, 0.4) is 0 Å². The summed E-state index contributed by atoms with van der Waals surface area (Å²) in [7, 11) is 0. The Bertz CT molecular complexity index is 1040. The van der Waals surface area contributed by atoms with Gasteiger partial charge < -0.3 is 9.64 Å². The van der Waals surface area contributed by atoms with E-state index >= 15 is 0 Å². The van der Waals surface area contributed by atoms with E-state index in [0.29, 0.717) is 12.2 Å². The van der Waals surface area contributed by atoms with Crippen molar-refractivity contribution in [1.29, 1.82) is 0 Å². The number of ether oxygens (including phenoxy) is 1. The van der Waals surface area contributed by atoms with E-state index < -0.39 is 11.7 Å². The Hall–Kier alpha value is -1.71. The van der Waals surface area contributed by atoms with E-state index in [1.807, 2.05) is 24.3 Å². The van der Waals surface area contributed by atoms with E-state index in [0.717, 1.165) is 66.6 Å². The lowest BCUT2D eigenvalue weighted by Crippen LogP contribution is -2.47. The average molecular weight is 549 g/mol. The molecule has 0 atom stereocenters. The number of esters is 1. The van der Waals surface area contributed by atoms with E-state index in [1.165, 1.54) is 30.8 Å². The van der Waals surface area contributed by atoms with Crippen molar-refractivity contribution >= 4 is 48.1 Å². The maximum absolute atomic E-state index is 13.4. The summed E-state index contributed by atoms with van der Waals surface area (Å²) >= 11 is 1.52. The molecular formula is C25H29Cl2F3N2O2S. The van der Waals surface area contributed by atoms with Crippen molar-refractivity contribution in [1.82, 2.24) is 9.80 Å². The molecule has 0 saturated carbocycles. The highest BCUT2D eigenvalue weighted by Crippen LogP contribution is 2.47. The van der Waals surface area contributed by atoms with Crippen molar-refractivity contribution in [3.63, 3.8) is 0 Å². The lowest BCUT2D eigenvalue weighted by Gasteiger charge is -2.34. The van der Waals surface area contributed by atoms with Crippen molar-refractivity contribution in [3.8, 4) is 0 Å². The Morgan fingerprint density at radius 3 is 2.26 bits per heavy atom. The maximum atomic E-state index is 13.4. The highest BCUT2D eigenvalue weighted by molar-refractivity contribution is 7.99. The molecule has 2 aliphatic heterocycles. The fourth-order valence-electron chi connectivity index (χ4n) is 4.21. The Morgan fingerprint density at radius 1 is 0.971 bits per heavy atom. The summed E-state index contributed by atoms with van der Waals surface area (Å²) in [6.45, 7) is 7.09. The van der Waals surface area contributed by atoms with Gasteiger partial charge in [-0.05, 0) is 47.4 Å². The standard InChI is InChI=1S/C25H27F3N2O2S.2ClH/c1-18(31)32-16-15-30-13-11-29(12-14-30)10-4-6-20-21-5-2-3-7-23(21)33-24-9-8-19(17-22(20)24)25(26,27)28;;/h2-3,5-9,17H,4,10-16H2,1H3;2*1H. The van der Waals surface area contributed by atoms with Gasteiger partial charge in [0.15, 0.2) is 0 Å². The SMILES string of the molecule is CC(=O)OCCN1CCN(CCC=C2c3ccccc3Sc3ccc(C(F)(F)F)cc32)CC1.Cl.Cl. The smallest absolute Gasteiger partial charge is 0.416 e. The zero-order chi connectivity index (χ0) is 23.4. The molecule has 1 fully saturated rings. The first-order chi connectivity index (χ1) is 15.8. The molecule has 2 heterocycles. The number of halogens is 5. The number of fused-ring (bicyclic) bond motifs is 2. The molecule has 0 amide bonds. The first-order valence-electron chi connectivity index (χ1n) is 11.1. The third kappa shape index (κ3) is 7.64. The predicted octanol–water partition coefficient (Wildman–Crippen LogP) is 6.02. The van der Waals surface area contributed by atoms with Crippen LogP contribution >= 0.6 is 36.6 Å². The number of carbonyl (C=O) groups excluding carboxylic acids is 1. The average Bonchev–Trinajstić information content (AvgIpc) is 2.78. The van der Waals surface area contributed by atoms with E-state index in [-0.39, 0.29) is 30.8 Å². The Kier molecular flexibility index (Phi) is 11.0. The molecule has 1 saturated heterocycles. The molecule has 0 radical (unpaired) electrons. The van der Waals surface area contributed by atoms with Crippen LogP contribution in [0.15, 0.2) is 58.3 Å². The molecule has 4 nitrogen and oxygen atoms in total. The second-order valence-electron chi connectivity index (χ2n) is 8.24. The molecule has 2 aliphatic rings. The van der Waals surface area contributed by atoms with Gasteiger partial charge in [0, 0.05) is 56.0 Å². The van der Waals surface area contributed by atoms with E-state index in [2.05, 4.69) is 15.9 Å². The fourth-order valence-corrected chi connectivity index (χ4v) is 5.30. The number of benzene rings is 2. The van der Waals surface area contributed by atoms with Crippen LogP contribution in [0.1, 0.15) is 30.0 Å². The highest BCUT2D eigenvalue weighted by Gasteiger charge is 2.32. The number of rotatable bonds is 6. The van der Waals surface area contributed by atoms with Gasteiger partial charge in [-0.1, -0.05) is 36.0 Å². The van der Waals surface area contributed by atoms with E-state index in [1.54, 1.807) is 6.07 Å². The normalized spacial score (nSPS) is 17.1. The lowest BCUT2D eigenvalue weighted by molar-refractivity contribution is -0.141. The second kappa shape index (κ2) is 13.0. The summed E-state index contributed by atoms with van der Waals surface area (Å²) in [6.07, 6.45) is -1.51. The molecule has 192 valence electrons. The molecular weight excluding hydrogens is 520 g/mol. The molecule has 0 unspecified atom stereocenters. The highest BCUT2D eigenvalue weighted by atomic mass is 35.5. The largest absolute Gasteiger partial charge is 0.465 e. The van der Waals surface area contributed by atoms with Gasteiger partial charge >= 0.3 is 12.1 Å². The summed E-state index contributed by atoms with van der Waals surface area (Å²) in [6, 6.07) is 11.9. The Balaban J connectivity index is 0.00000216. The summed E-state index contributed by atoms with van der Waals surface area (Å²) < 4.78 is 45.1. The minimum Gasteiger partial charge on any atom is -0.465 e. The zero-order valence-electron chi connectivity index (χ0n) is 19.3. The summed E-state index contributed by atoms with van der Waals surface area (Å²) in [5.74, 6) is -0.256. The molecule has 2 aromatic rings. The third-order valence-corrected chi connectivity index (χ3v) is 7.12. The van der Waals surface area contributed by atoms with Crippen LogP contribution in [-0.4, -0.2) is 61.6 Å². The first kappa shape index (κ1) is 29.5. The zero-order valence-corrected chi connectivity index (χ0v) is 21.8. The molecule has 2 aromatic carbocycles. The Labute approximate surface area is 220 Å². The van der Waals surface area contributed by atoms with Crippen LogP contribution in [0.5, 0.6) is 0 Å². The monoisotopic (exact) mass is 548 g/mol. The molecule has 35 heavy (non-hydrogen) atoms. The molecule has 0 N–H and O–H groups in total. The summed E-state index contributed by atoms with van der Waals surface area (Å²) in [4.78, 5) is 17.5. The number of hydrogen-bond donors (Lipinski definition) is 0. The molecule has 0 aromatic heterocycles. The van der Waals surface area contributed by atoms with Crippen molar-refractivity contribution < 1.29 is 22.7 Å². The molecule has 10 heteroatoms. The van der Waals surface area contributed by atoms with Crippen LogP contribution in [0.25, 0.3) is 5.57 Å². The minimum atomic E-state index is -4.36. The molecule has 0 spiro atoms. The van der Waals surface area contributed by atoms with Gasteiger partial charge in [-0.15, -0.1) is 24.8 Å². The molecule has 0 aliphatic carbocycles. The predicted molar refractivity (Wildman–Crippen MR) is 138 cm³/mol. The number of nitrogens with zero attached hydrogens (tertiary/aromatic N) is 2. The van der Waals surface area contributed by atoms with Crippen LogP contribution in [0, 0.1) is 0 Å². The van der Waals surface area contributed by atoms with Crippen molar-refractivity contribution in [3.05, 3.63) is 65.2 Å². The first-order valence-corrected chi connectivity index (χ1v) is 11.9. The van der Waals surface area contributed by atoms with Crippen LogP contribution in [-0.2, 0) is 15.7 Å². The maximum Gasteiger partial charge on any atom is 0.416 e. The van der Waals surface area contributed by atoms with Gasteiger partial charge in [-0.25, -0.2) is 0 Å². The van der Waals surface area contributed by atoms with Gasteiger partial charge in [-0.3, -0.25) is 9.69 Å². The topological polar surface area (TPSA) is 32.8 Å². The molecule has 4 rings (SSSR count). The van der Waals surface area contributed by atoms with Gasteiger partial charge in [-0.2, -0.15) is 13.2 Å². The molecule has 0 bridgehead atoms. The lowest BCUT2D eigenvalue weighted by atomic mass is 9.94. The summed E-state index contributed by atoms with van der Waals surface area (Å²) in [5, 5.41) is 0. The second-order valence-corrected chi connectivity index (χ2v) is 9.32. The number of carbonyl (C=O) groups is 1. The van der Waals surface area contributed by atoms with E-state index in [4.69, 9.17) is 4.74 Å². The van der Waals surface area contributed by atoms with Crippen LogP contribution in [0.4, 0.5) is 13.2 Å². The third-order valence-electron chi connectivity index (χ3n) is 5.97. The quantitative estimate of drug-likeness (QED) is 0.352. The minimum absolute atomic E-state index is 0. The van der Waals surface area contributed by atoms with Crippen molar-refractivity contribution in [2.24, 2.45) is 0 Å². The van der Waals surface area contributed by atoms with Crippen molar-refractivity contribution in [2.75, 3.05) is 45.9 Å². The number of piperazine rings is 1. The Morgan fingerprint density at radius 2 is 1.60 bits per heavy atom. The van der Waals surface area contributed by atoms with Crippen LogP contribution in [0.2, 0.25) is 0 Å². The van der Waals surface area contributed by atoms with Gasteiger partial charge in [0.25, 0.3) is 0 Å². The summed E-state index contributed by atoms with van der Waals surface area (Å²) in [5.41, 5.74) is 1.91. The fraction of sp³-hybridized carbons (Fsp3) is 0.400. The van der Waals surface area contributed by atoms with Gasteiger partial charge in [0.2, 0.25) is 0 Å². The van der Waals surface area contributed by atoms with Gasteiger partial charge in [0.05, 0.1) is 5.56 Å². The van der Waals surface area contributed by atoms with Crippen LogP contribution < -0.4 is 0 Å². The van der Waals surface area contributed by atoms with E-state index in [9.17, 15) is 18.0 Å². The number of alkyl halides is 3. The van der Waals surface area contributed by atoms with Gasteiger partial charge in [0.1, 0.15) is 6.61 Å². The number of hydrogen-bond acceptors (Lipinski definition) is 5. The van der Waals surface area contributed by atoms with Crippen molar-refractivity contribution in [2.45, 2.75) is 29.3 Å².